The van der Waals surface area contributed by atoms with E-state index in [2.05, 4.69) is 37.9 Å². The van der Waals surface area contributed by atoms with E-state index in [1.165, 1.54) is 77.5 Å². The van der Waals surface area contributed by atoms with Gasteiger partial charge in [-0.15, -0.1) is 0 Å². The highest BCUT2D eigenvalue weighted by molar-refractivity contribution is 4.85. The van der Waals surface area contributed by atoms with Gasteiger partial charge in [-0.05, 0) is 70.0 Å². The van der Waals surface area contributed by atoms with Gasteiger partial charge in [0.25, 0.3) is 0 Å². The van der Waals surface area contributed by atoms with E-state index in [4.69, 9.17) is 0 Å². The Morgan fingerprint density at radius 3 is 2.19 bits per heavy atom. The molecule has 126 valence electrons. The Balaban J connectivity index is 2.52. The molecule has 0 bridgehead atoms. The van der Waals surface area contributed by atoms with E-state index in [0.717, 1.165) is 17.9 Å². The molecule has 1 N–H and O–H groups in total. The van der Waals surface area contributed by atoms with Gasteiger partial charge in [0.2, 0.25) is 0 Å². The van der Waals surface area contributed by atoms with E-state index in [9.17, 15) is 0 Å². The van der Waals surface area contributed by atoms with Crippen LogP contribution in [-0.2, 0) is 0 Å². The third-order valence-electron chi connectivity index (χ3n) is 5.05. The lowest BCUT2D eigenvalue weighted by molar-refractivity contribution is 0.142. The minimum Gasteiger partial charge on any atom is -0.314 e. The largest absolute Gasteiger partial charge is 0.314 e. The SMILES string of the molecule is CCCCN(CCCC)CC1CC(C)CCC1NCCC. The van der Waals surface area contributed by atoms with Crippen molar-refractivity contribution >= 4 is 0 Å². The standard InChI is InChI=1S/C19H40N2/c1-5-8-13-21(14-9-6-2)16-18-15-17(4)10-11-19(18)20-12-7-3/h17-20H,5-16H2,1-4H3. The highest BCUT2D eigenvalue weighted by atomic mass is 15.1. The number of hydrogen-bond acceptors (Lipinski definition) is 2. The first-order valence-electron chi connectivity index (χ1n) is 9.66. The fraction of sp³-hybridized carbons (Fsp3) is 1.00. The normalized spacial score (nSPS) is 26.4. The summed E-state index contributed by atoms with van der Waals surface area (Å²) in [6.07, 6.45) is 10.9. The van der Waals surface area contributed by atoms with Crippen molar-refractivity contribution in [2.45, 2.75) is 85.1 Å². The first-order valence-corrected chi connectivity index (χ1v) is 9.66. The van der Waals surface area contributed by atoms with E-state index in [0.29, 0.717) is 0 Å². The first kappa shape index (κ1) is 19.0. The van der Waals surface area contributed by atoms with Crippen molar-refractivity contribution in [1.82, 2.24) is 10.2 Å². The molecule has 3 unspecified atom stereocenters. The van der Waals surface area contributed by atoms with Crippen LogP contribution in [0.15, 0.2) is 0 Å². The molecule has 0 aliphatic heterocycles. The molecule has 0 amide bonds. The summed E-state index contributed by atoms with van der Waals surface area (Å²) in [5.74, 6) is 1.79. The number of hydrogen-bond donors (Lipinski definition) is 1. The zero-order valence-corrected chi connectivity index (χ0v) is 15.2. The van der Waals surface area contributed by atoms with Crippen LogP contribution in [0.25, 0.3) is 0 Å². The third-order valence-corrected chi connectivity index (χ3v) is 5.05. The molecule has 0 heterocycles. The fourth-order valence-electron chi connectivity index (χ4n) is 3.69. The smallest absolute Gasteiger partial charge is 0.0108 e. The van der Waals surface area contributed by atoms with E-state index < -0.39 is 0 Å². The van der Waals surface area contributed by atoms with Crippen LogP contribution in [0.2, 0.25) is 0 Å². The average Bonchev–Trinajstić information content (AvgIpc) is 2.49. The predicted molar refractivity (Wildman–Crippen MR) is 94.8 cm³/mol. The number of nitrogens with one attached hydrogen (secondary N) is 1. The van der Waals surface area contributed by atoms with Crippen LogP contribution in [0, 0.1) is 11.8 Å². The molecule has 1 aliphatic rings. The zero-order chi connectivity index (χ0) is 15.5. The van der Waals surface area contributed by atoms with Crippen molar-refractivity contribution in [2.75, 3.05) is 26.2 Å². The lowest BCUT2D eigenvalue weighted by atomic mass is 9.78. The highest BCUT2D eigenvalue weighted by Gasteiger charge is 2.29. The van der Waals surface area contributed by atoms with Crippen molar-refractivity contribution < 1.29 is 0 Å². The van der Waals surface area contributed by atoms with Gasteiger partial charge in [-0.25, -0.2) is 0 Å². The molecule has 1 aliphatic carbocycles. The lowest BCUT2D eigenvalue weighted by Crippen LogP contribution is -2.46. The molecule has 0 aromatic carbocycles. The van der Waals surface area contributed by atoms with Gasteiger partial charge < -0.3 is 10.2 Å². The van der Waals surface area contributed by atoms with Crippen LogP contribution in [0.3, 0.4) is 0 Å². The Morgan fingerprint density at radius 2 is 1.62 bits per heavy atom. The highest BCUT2D eigenvalue weighted by Crippen LogP contribution is 2.30. The monoisotopic (exact) mass is 296 g/mol. The summed E-state index contributed by atoms with van der Waals surface area (Å²) in [5.41, 5.74) is 0. The maximum absolute atomic E-state index is 3.83. The molecule has 0 aromatic rings. The molecule has 1 rings (SSSR count). The number of nitrogens with zero attached hydrogens (tertiary/aromatic N) is 1. The van der Waals surface area contributed by atoms with Crippen molar-refractivity contribution in [3.63, 3.8) is 0 Å². The summed E-state index contributed by atoms with van der Waals surface area (Å²) in [6.45, 7) is 14.5. The van der Waals surface area contributed by atoms with Gasteiger partial charge in [0.05, 0.1) is 0 Å². The minimum absolute atomic E-state index is 0.770. The first-order chi connectivity index (χ1) is 10.2. The molecule has 0 saturated heterocycles. The van der Waals surface area contributed by atoms with Crippen molar-refractivity contribution in [3.05, 3.63) is 0 Å². The molecule has 3 atom stereocenters. The molecule has 0 spiro atoms. The Kier molecular flexibility index (Phi) is 10.4. The summed E-state index contributed by atoms with van der Waals surface area (Å²) in [7, 11) is 0. The van der Waals surface area contributed by atoms with Gasteiger partial charge in [-0.3, -0.25) is 0 Å². The number of rotatable bonds is 11. The Bertz CT molecular complexity index is 232. The van der Waals surface area contributed by atoms with Crippen molar-refractivity contribution in [3.8, 4) is 0 Å². The molecule has 21 heavy (non-hydrogen) atoms. The van der Waals surface area contributed by atoms with E-state index in [1.807, 2.05) is 0 Å². The number of unbranched alkanes of at least 4 members (excludes halogenated alkanes) is 2. The summed E-state index contributed by atoms with van der Waals surface area (Å²) >= 11 is 0. The molecule has 2 nitrogen and oxygen atoms in total. The van der Waals surface area contributed by atoms with Crippen LogP contribution in [0.5, 0.6) is 0 Å². The Labute approximate surface area is 134 Å². The van der Waals surface area contributed by atoms with E-state index in [1.54, 1.807) is 0 Å². The molecular weight excluding hydrogens is 256 g/mol. The van der Waals surface area contributed by atoms with Gasteiger partial charge in [0.1, 0.15) is 0 Å². The third kappa shape index (κ3) is 7.65. The Hall–Kier alpha value is -0.0800. The van der Waals surface area contributed by atoms with Crippen LogP contribution in [-0.4, -0.2) is 37.1 Å². The topological polar surface area (TPSA) is 15.3 Å². The average molecular weight is 297 g/mol. The summed E-state index contributed by atoms with van der Waals surface area (Å²) < 4.78 is 0. The van der Waals surface area contributed by atoms with Gasteiger partial charge in [-0.1, -0.05) is 40.5 Å². The van der Waals surface area contributed by atoms with Crippen LogP contribution < -0.4 is 5.32 Å². The summed E-state index contributed by atoms with van der Waals surface area (Å²) in [6, 6.07) is 0.770. The Morgan fingerprint density at radius 1 is 0.952 bits per heavy atom. The second kappa shape index (κ2) is 11.5. The van der Waals surface area contributed by atoms with Crippen molar-refractivity contribution in [1.29, 1.82) is 0 Å². The second-order valence-electron chi connectivity index (χ2n) is 7.25. The van der Waals surface area contributed by atoms with Crippen molar-refractivity contribution in [2.24, 2.45) is 11.8 Å². The van der Waals surface area contributed by atoms with Gasteiger partial charge in [0, 0.05) is 12.6 Å². The molecule has 0 radical (unpaired) electrons. The molecule has 2 heteroatoms. The zero-order valence-electron chi connectivity index (χ0n) is 15.2. The maximum Gasteiger partial charge on any atom is 0.0108 e. The molecule has 1 saturated carbocycles. The van der Waals surface area contributed by atoms with Crippen LogP contribution in [0.1, 0.15) is 79.1 Å². The minimum atomic E-state index is 0.770. The van der Waals surface area contributed by atoms with Crippen LogP contribution >= 0.6 is 0 Å². The van der Waals surface area contributed by atoms with Gasteiger partial charge in [-0.2, -0.15) is 0 Å². The van der Waals surface area contributed by atoms with Gasteiger partial charge >= 0.3 is 0 Å². The molecular formula is C19H40N2. The maximum atomic E-state index is 3.83. The predicted octanol–water partition coefficient (Wildman–Crippen LogP) is 4.69. The summed E-state index contributed by atoms with van der Waals surface area (Å²) in [5, 5.41) is 3.83. The van der Waals surface area contributed by atoms with E-state index >= 15 is 0 Å². The fourth-order valence-corrected chi connectivity index (χ4v) is 3.69. The summed E-state index contributed by atoms with van der Waals surface area (Å²) in [4.78, 5) is 2.76. The second-order valence-corrected chi connectivity index (χ2v) is 7.25. The lowest BCUT2D eigenvalue weighted by Gasteiger charge is -2.38. The van der Waals surface area contributed by atoms with Crippen LogP contribution in [0.4, 0.5) is 0 Å². The molecule has 0 aromatic heterocycles. The van der Waals surface area contributed by atoms with Gasteiger partial charge in [0.15, 0.2) is 0 Å². The molecule has 1 fully saturated rings. The quantitative estimate of drug-likeness (QED) is 0.595. The van der Waals surface area contributed by atoms with E-state index in [-0.39, 0.29) is 0 Å².